The molecule has 0 atom stereocenters. The highest BCUT2D eigenvalue weighted by Gasteiger charge is 2.23. The summed E-state index contributed by atoms with van der Waals surface area (Å²) in [5.41, 5.74) is 3.80. The SMILES string of the molecule is COc1c(O)ccc(/C=N\NC(=O)CNc2ccc(C)cc2)c1[N+](=O)[O-]. The van der Waals surface area contributed by atoms with Crippen LogP contribution in [0.25, 0.3) is 0 Å². The third-order valence-corrected chi connectivity index (χ3v) is 3.43. The number of hydrogen-bond donors (Lipinski definition) is 3. The number of ether oxygens (including phenoxy) is 1. The van der Waals surface area contributed by atoms with Crippen molar-refractivity contribution < 1.29 is 19.6 Å². The zero-order valence-corrected chi connectivity index (χ0v) is 14.2. The summed E-state index contributed by atoms with van der Waals surface area (Å²) in [5, 5.41) is 27.4. The highest BCUT2D eigenvalue weighted by Crippen LogP contribution is 2.37. The minimum atomic E-state index is -0.694. The second-order valence-electron chi connectivity index (χ2n) is 5.33. The van der Waals surface area contributed by atoms with Gasteiger partial charge in [-0.2, -0.15) is 5.10 Å². The van der Waals surface area contributed by atoms with Crippen LogP contribution in [0.3, 0.4) is 0 Å². The minimum absolute atomic E-state index is 0.0125. The number of methoxy groups -OCH3 is 1. The van der Waals surface area contributed by atoms with Crippen LogP contribution >= 0.6 is 0 Å². The van der Waals surface area contributed by atoms with Crippen molar-refractivity contribution >= 4 is 23.5 Å². The van der Waals surface area contributed by atoms with E-state index in [0.29, 0.717) is 0 Å². The number of carbonyl (C=O) groups is 1. The lowest BCUT2D eigenvalue weighted by Gasteiger charge is -2.06. The molecule has 0 aliphatic heterocycles. The third-order valence-electron chi connectivity index (χ3n) is 3.43. The molecule has 2 rings (SSSR count). The van der Waals surface area contributed by atoms with Gasteiger partial charge in [-0.15, -0.1) is 0 Å². The van der Waals surface area contributed by atoms with Crippen molar-refractivity contribution in [2.24, 2.45) is 5.10 Å². The summed E-state index contributed by atoms with van der Waals surface area (Å²) in [5.74, 6) is -1.05. The Hall–Kier alpha value is -3.62. The van der Waals surface area contributed by atoms with Gasteiger partial charge in [0.05, 0.1) is 30.4 Å². The number of phenols is 1. The van der Waals surface area contributed by atoms with Crippen LogP contribution in [0.1, 0.15) is 11.1 Å². The second kappa shape index (κ2) is 8.47. The van der Waals surface area contributed by atoms with E-state index < -0.39 is 16.5 Å². The number of nitrogens with zero attached hydrogens (tertiary/aromatic N) is 2. The van der Waals surface area contributed by atoms with E-state index in [4.69, 9.17) is 4.74 Å². The molecule has 0 saturated heterocycles. The van der Waals surface area contributed by atoms with Gasteiger partial charge in [0, 0.05) is 5.69 Å². The number of carbonyl (C=O) groups excluding carboxylic acids is 1. The van der Waals surface area contributed by atoms with Crippen molar-refractivity contribution in [1.82, 2.24) is 5.43 Å². The molecule has 9 heteroatoms. The quantitative estimate of drug-likeness (QED) is 0.396. The van der Waals surface area contributed by atoms with Gasteiger partial charge in [-0.25, -0.2) is 5.43 Å². The van der Waals surface area contributed by atoms with E-state index in [1.165, 1.54) is 19.2 Å². The Kier molecular flexibility index (Phi) is 6.10. The molecule has 0 heterocycles. The predicted molar refractivity (Wildman–Crippen MR) is 96.7 cm³/mol. The van der Waals surface area contributed by atoms with Gasteiger partial charge in [0.2, 0.25) is 5.75 Å². The Balaban J connectivity index is 2.00. The van der Waals surface area contributed by atoms with E-state index in [9.17, 15) is 20.0 Å². The fourth-order valence-electron chi connectivity index (χ4n) is 2.14. The third kappa shape index (κ3) is 4.69. The lowest BCUT2D eigenvalue weighted by molar-refractivity contribution is -0.386. The van der Waals surface area contributed by atoms with Crippen LogP contribution in [-0.4, -0.2) is 35.8 Å². The molecule has 0 aliphatic rings. The first kappa shape index (κ1) is 18.7. The summed E-state index contributed by atoms with van der Waals surface area (Å²) in [6, 6.07) is 10.1. The first-order valence-electron chi connectivity index (χ1n) is 7.59. The molecule has 0 spiro atoms. The number of nitrogens with one attached hydrogen (secondary N) is 2. The molecule has 9 nitrogen and oxygen atoms in total. The number of aromatic hydroxyl groups is 1. The monoisotopic (exact) mass is 358 g/mol. The fourth-order valence-corrected chi connectivity index (χ4v) is 2.14. The lowest BCUT2D eigenvalue weighted by atomic mass is 10.1. The van der Waals surface area contributed by atoms with Gasteiger partial charge < -0.3 is 15.2 Å². The molecule has 0 unspecified atom stereocenters. The second-order valence-corrected chi connectivity index (χ2v) is 5.33. The summed E-state index contributed by atoms with van der Waals surface area (Å²) in [6.07, 6.45) is 1.11. The Morgan fingerprint density at radius 3 is 2.62 bits per heavy atom. The van der Waals surface area contributed by atoms with Crippen LogP contribution in [-0.2, 0) is 4.79 Å². The molecule has 2 aromatic carbocycles. The van der Waals surface area contributed by atoms with Gasteiger partial charge in [-0.1, -0.05) is 17.7 Å². The molecule has 0 bridgehead atoms. The van der Waals surface area contributed by atoms with E-state index in [0.717, 1.165) is 17.5 Å². The first-order valence-corrected chi connectivity index (χ1v) is 7.59. The van der Waals surface area contributed by atoms with Gasteiger partial charge in [0.1, 0.15) is 0 Å². The van der Waals surface area contributed by atoms with Crippen LogP contribution in [0.2, 0.25) is 0 Å². The number of rotatable bonds is 7. The molecule has 2 aromatic rings. The average Bonchev–Trinajstić information content (AvgIpc) is 2.61. The smallest absolute Gasteiger partial charge is 0.323 e. The molecule has 3 N–H and O–H groups in total. The van der Waals surface area contributed by atoms with E-state index in [2.05, 4.69) is 15.8 Å². The number of hydrogen-bond acceptors (Lipinski definition) is 7. The number of nitro benzene ring substituents is 1. The Morgan fingerprint density at radius 2 is 2.00 bits per heavy atom. The molecule has 0 radical (unpaired) electrons. The van der Waals surface area contributed by atoms with Crippen LogP contribution in [0.4, 0.5) is 11.4 Å². The maximum Gasteiger partial charge on any atom is 0.323 e. The predicted octanol–water partition coefficient (Wildman–Crippen LogP) is 2.18. The van der Waals surface area contributed by atoms with Crippen molar-refractivity contribution in [3.8, 4) is 11.5 Å². The number of aryl methyl sites for hydroxylation is 1. The number of phenolic OH excluding ortho intramolecular Hbond substituents is 1. The number of benzene rings is 2. The number of amides is 1. The first-order chi connectivity index (χ1) is 12.4. The molecule has 0 saturated carbocycles. The van der Waals surface area contributed by atoms with E-state index in [-0.39, 0.29) is 23.6 Å². The molecule has 0 aliphatic carbocycles. The molecular formula is C17H18N4O5. The van der Waals surface area contributed by atoms with Gasteiger partial charge in [-0.05, 0) is 31.2 Å². The topological polar surface area (TPSA) is 126 Å². The molecule has 26 heavy (non-hydrogen) atoms. The summed E-state index contributed by atoms with van der Waals surface area (Å²) in [6.45, 7) is 1.95. The number of anilines is 1. The summed E-state index contributed by atoms with van der Waals surface area (Å²) < 4.78 is 4.85. The van der Waals surface area contributed by atoms with Crippen molar-refractivity contribution in [1.29, 1.82) is 0 Å². The van der Waals surface area contributed by atoms with Gasteiger partial charge >= 0.3 is 5.69 Å². The van der Waals surface area contributed by atoms with Gasteiger partial charge in [-0.3, -0.25) is 14.9 Å². The molecule has 136 valence electrons. The number of hydrazone groups is 1. The highest BCUT2D eigenvalue weighted by atomic mass is 16.6. The summed E-state index contributed by atoms with van der Waals surface area (Å²) in [7, 11) is 1.21. The molecule has 0 fully saturated rings. The van der Waals surface area contributed by atoms with Crippen molar-refractivity contribution in [3.63, 3.8) is 0 Å². The van der Waals surface area contributed by atoms with Crippen LogP contribution in [0.15, 0.2) is 41.5 Å². The van der Waals surface area contributed by atoms with E-state index in [1.807, 2.05) is 31.2 Å². The highest BCUT2D eigenvalue weighted by molar-refractivity contribution is 5.89. The fraction of sp³-hybridized carbons (Fsp3) is 0.176. The Bertz CT molecular complexity index is 834. The zero-order chi connectivity index (χ0) is 19.1. The van der Waals surface area contributed by atoms with E-state index in [1.54, 1.807) is 0 Å². The molecular weight excluding hydrogens is 340 g/mol. The summed E-state index contributed by atoms with van der Waals surface area (Å²) >= 11 is 0. The van der Waals surface area contributed by atoms with Crippen molar-refractivity contribution in [3.05, 3.63) is 57.6 Å². The molecule has 1 amide bonds. The lowest BCUT2D eigenvalue weighted by Crippen LogP contribution is -2.25. The van der Waals surface area contributed by atoms with Crippen molar-refractivity contribution in [2.75, 3.05) is 19.0 Å². The summed E-state index contributed by atoms with van der Waals surface area (Å²) in [4.78, 5) is 22.3. The number of nitro groups is 1. The average molecular weight is 358 g/mol. The normalized spacial score (nSPS) is 10.5. The standard InChI is InChI=1S/C17H18N4O5/c1-11-3-6-13(7-4-11)18-10-15(23)20-19-9-12-5-8-14(22)17(26-2)16(12)21(24)25/h3-9,18,22H,10H2,1-2H3,(H,20,23)/b19-9-. The maximum atomic E-state index is 11.8. The van der Waals surface area contributed by atoms with Crippen molar-refractivity contribution in [2.45, 2.75) is 6.92 Å². The maximum absolute atomic E-state index is 11.8. The molecule has 0 aromatic heterocycles. The largest absolute Gasteiger partial charge is 0.504 e. The Labute approximate surface area is 149 Å². The van der Waals surface area contributed by atoms with Gasteiger partial charge in [0.15, 0.2) is 5.75 Å². The van der Waals surface area contributed by atoms with Crippen LogP contribution in [0.5, 0.6) is 11.5 Å². The Morgan fingerprint density at radius 1 is 1.31 bits per heavy atom. The van der Waals surface area contributed by atoms with Gasteiger partial charge in [0.25, 0.3) is 5.91 Å². The minimum Gasteiger partial charge on any atom is -0.504 e. The van der Waals surface area contributed by atoms with Crippen LogP contribution in [0, 0.1) is 17.0 Å². The van der Waals surface area contributed by atoms with Crippen LogP contribution < -0.4 is 15.5 Å². The van der Waals surface area contributed by atoms with E-state index >= 15 is 0 Å². The zero-order valence-electron chi connectivity index (χ0n) is 14.2.